The first-order valence-corrected chi connectivity index (χ1v) is 6.75. The SMILES string of the molecule is CNC(C)(C)C(=O)N[C@@H](Cc1ccc(O)c(C)c1)C(N)=O. The first kappa shape index (κ1) is 17.0. The molecule has 0 aliphatic rings. The second-order valence-electron chi connectivity index (χ2n) is 5.63. The molecule has 0 spiro atoms. The lowest BCUT2D eigenvalue weighted by Gasteiger charge is -2.26. The summed E-state index contributed by atoms with van der Waals surface area (Å²) in [6.07, 6.45) is 0.280. The normalized spacial score (nSPS) is 12.8. The number of carbonyl (C=O) groups excluding carboxylic acids is 2. The smallest absolute Gasteiger partial charge is 0.240 e. The van der Waals surface area contributed by atoms with Crippen molar-refractivity contribution in [2.24, 2.45) is 5.73 Å². The molecule has 0 bridgehead atoms. The van der Waals surface area contributed by atoms with E-state index in [-0.39, 0.29) is 18.1 Å². The molecule has 5 N–H and O–H groups in total. The van der Waals surface area contributed by atoms with Gasteiger partial charge in [0, 0.05) is 6.42 Å². The highest BCUT2D eigenvalue weighted by atomic mass is 16.3. The van der Waals surface area contributed by atoms with Gasteiger partial charge < -0.3 is 21.5 Å². The molecule has 1 aromatic rings. The Bertz CT molecular complexity index is 541. The molecule has 0 aliphatic carbocycles. The zero-order valence-corrected chi connectivity index (χ0v) is 12.9. The van der Waals surface area contributed by atoms with Crippen LogP contribution in [0.2, 0.25) is 0 Å². The molecule has 0 saturated heterocycles. The number of rotatable bonds is 6. The van der Waals surface area contributed by atoms with Crippen molar-refractivity contribution in [2.45, 2.75) is 38.8 Å². The number of hydrogen-bond acceptors (Lipinski definition) is 4. The van der Waals surface area contributed by atoms with Crippen molar-refractivity contribution in [3.05, 3.63) is 29.3 Å². The second kappa shape index (κ2) is 6.58. The van der Waals surface area contributed by atoms with Gasteiger partial charge in [-0.05, 0) is 45.0 Å². The van der Waals surface area contributed by atoms with E-state index in [1.165, 1.54) is 0 Å². The van der Waals surface area contributed by atoms with Crippen molar-refractivity contribution in [1.82, 2.24) is 10.6 Å². The summed E-state index contributed by atoms with van der Waals surface area (Å²) in [5.41, 5.74) is 6.09. The fourth-order valence-electron chi connectivity index (χ4n) is 1.76. The molecule has 0 aliphatic heterocycles. The highest BCUT2D eigenvalue weighted by molar-refractivity contribution is 5.91. The molecule has 1 atom stereocenters. The summed E-state index contributed by atoms with van der Waals surface area (Å²) in [5.74, 6) is -0.708. The molecule has 1 rings (SSSR count). The first-order chi connectivity index (χ1) is 9.67. The van der Waals surface area contributed by atoms with E-state index in [0.29, 0.717) is 5.56 Å². The van der Waals surface area contributed by atoms with Crippen molar-refractivity contribution < 1.29 is 14.7 Å². The van der Waals surface area contributed by atoms with E-state index in [2.05, 4.69) is 10.6 Å². The molecule has 1 aromatic carbocycles. The lowest BCUT2D eigenvalue weighted by Crippen LogP contribution is -2.56. The number of phenols is 1. The van der Waals surface area contributed by atoms with Crippen LogP contribution in [0.1, 0.15) is 25.0 Å². The molecule has 0 saturated carbocycles. The lowest BCUT2D eigenvalue weighted by atomic mass is 10.0. The number of amides is 2. The van der Waals surface area contributed by atoms with Gasteiger partial charge in [0.15, 0.2) is 0 Å². The van der Waals surface area contributed by atoms with Gasteiger partial charge in [0.2, 0.25) is 11.8 Å². The predicted octanol–water partition coefficient (Wildman–Crippen LogP) is 0.211. The number of primary amides is 1. The van der Waals surface area contributed by atoms with Crippen molar-refractivity contribution >= 4 is 11.8 Å². The summed E-state index contributed by atoms with van der Waals surface area (Å²) in [6, 6.07) is 4.23. The molecule has 0 aromatic heterocycles. The number of benzene rings is 1. The van der Waals surface area contributed by atoms with E-state index in [0.717, 1.165) is 5.56 Å². The van der Waals surface area contributed by atoms with Crippen molar-refractivity contribution in [2.75, 3.05) is 7.05 Å². The first-order valence-electron chi connectivity index (χ1n) is 6.75. The van der Waals surface area contributed by atoms with Crippen LogP contribution in [0.5, 0.6) is 5.75 Å². The number of likely N-dealkylation sites (N-methyl/N-ethyl adjacent to an activating group) is 1. The van der Waals surface area contributed by atoms with Gasteiger partial charge in [-0.15, -0.1) is 0 Å². The number of aromatic hydroxyl groups is 1. The Labute approximate surface area is 124 Å². The maximum absolute atomic E-state index is 12.1. The van der Waals surface area contributed by atoms with Crippen LogP contribution in [-0.4, -0.2) is 35.5 Å². The third-order valence-electron chi connectivity index (χ3n) is 3.54. The van der Waals surface area contributed by atoms with Crippen molar-refractivity contribution in [1.29, 1.82) is 0 Å². The van der Waals surface area contributed by atoms with E-state index in [1.807, 2.05) is 0 Å². The fourth-order valence-corrected chi connectivity index (χ4v) is 1.76. The molecular weight excluding hydrogens is 270 g/mol. The minimum absolute atomic E-state index is 0.190. The number of aryl methyl sites for hydroxylation is 1. The Morgan fingerprint density at radius 2 is 2.00 bits per heavy atom. The van der Waals surface area contributed by atoms with Gasteiger partial charge in [0.25, 0.3) is 0 Å². The van der Waals surface area contributed by atoms with Crippen LogP contribution in [0.4, 0.5) is 0 Å². The van der Waals surface area contributed by atoms with Crippen LogP contribution >= 0.6 is 0 Å². The van der Waals surface area contributed by atoms with E-state index < -0.39 is 17.5 Å². The zero-order chi connectivity index (χ0) is 16.2. The number of nitrogens with two attached hydrogens (primary N) is 1. The summed E-state index contributed by atoms with van der Waals surface area (Å²) in [6.45, 7) is 5.19. The largest absolute Gasteiger partial charge is 0.508 e. The molecule has 0 fully saturated rings. The van der Waals surface area contributed by atoms with E-state index in [1.54, 1.807) is 46.0 Å². The van der Waals surface area contributed by atoms with Crippen molar-refractivity contribution in [3.8, 4) is 5.75 Å². The van der Waals surface area contributed by atoms with Gasteiger partial charge >= 0.3 is 0 Å². The van der Waals surface area contributed by atoms with Gasteiger partial charge in [0.05, 0.1) is 5.54 Å². The monoisotopic (exact) mass is 293 g/mol. The standard InChI is InChI=1S/C15H23N3O3/c1-9-7-10(5-6-12(9)19)8-11(13(16)20)18-14(21)15(2,3)17-4/h5-7,11,17,19H,8H2,1-4H3,(H2,16,20)(H,18,21)/t11-/m0/s1. The van der Waals surface area contributed by atoms with Gasteiger partial charge in [-0.3, -0.25) is 9.59 Å². The van der Waals surface area contributed by atoms with Crippen LogP contribution in [0, 0.1) is 6.92 Å². The molecule has 2 amide bonds. The quantitative estimate of drug-likeness (QED) is 0.602. The molecule has 0 unspecified atom stereocenters. The molecule has 21 heavy (non-hydrogen) atoms. The van der Waals surface area contributed by atoms with Gasteiger partial charge in [0.1, 0.15) is 11.8 Å². The maximum atomic E-state index is 12.1. The lowest BCUT2D eigenvalue weighted by molar-refractivity contribution is -0.130. The third-order valence-corrected chi connectivity index (χ3v) is 3.54. The summed E-state index contributed by atoms with van der Waals surface area (Å²) >= 11 is 0. The Kier molecular flexibility index (Phi) is 5.32. The Balaban J connectivity index is 2.86. The summed E-state index contributed by atoms with van der Waals surface area (Å²) in [7, 11) is 1.67. The average molecular weight is 293 g/mol. The zero-order valence-electron chi connectivity index (χ0n) is 12.9. The number of phenolic OH excluding ortho intramolecular Hbond substituents is 1. The van der Waals surface area contributed by atoms with Gasteiger partial charge in [-0.25, -0.2) is 0 Å². The highest BCUT2D eigenvalue weighted by Crippen LogP contribution is 2.18. The summed E-state index contributed by atoms with van der Waals surface area (Å²) in [4.78, 5) is 23.6. The number of hydrogen-bond donors (Lipinski definition) is 4. The molecule has 6 heteroatoms. The number of carbonyl (C=O) groups is 2. The fraction of sp³-hybridized carbons (Fsp3) is 0.467. The van der Waals surface area contributed by atoms with Gasteiger partial charge in [-0.2, -0.15) is 0 Å². The minimum Gasteiger partial charge on any atom is -0.508 e. The van der Waals surface area contributed by atoms with Crippen LogP contribution < -0.4 is 16.4 Å². The Hall–Kier alpha value is -2.08. The second-order valence-corrected chi connectivity index (χ2v) is 5.63. The average Bonchev–Trinajstić information content (AvgIpc) is 2.41. The van der Waals surface area contributed by atoms with Crippen LogP contribution in [0.25, 0.3) is 0 Å². The number of nitrogens with one attached hydrogen (secondary N) is 2. The topological polar surface area (TPSA) is 104 Å². The molecule has 6 nitrogen and oxygen atoms in total. The molecule has 0 radical (unpaired) electrons. The van der Waals surface area contributed by atoms with E-state index in [4.69, 9.17) is 5.73 Å². The summed E-state index contributed by atoms with van der Waals surface area (Å²) < 4.78 is 0. The highest BCUT2D eigenvalue weighted by Gasteiger charge is 2.29. The van der Waals surface area contributed by atoms with Crippen LogP contribution in [0.15, 0.2) is 18.2 Å². The minimum atomic E-state index is -0.797. The van der Waals surface area contributed by atoms with Crippen LogP contribution in [0.3, 0.4) is 0 Å². The van der Waals surface area contributed by atoms with Crippen LogP contribution in [-0.2, 0) is 16.0 Å². The molecular formula is C15H23N3O3. The molecule has 116 valence electrons. The van der Waals surface area contributed by atoms with E-state index in [9.17, 15) is 14.7 Å². The molecule has 0 heterocycles. The Morgan fingerprint density at radius 3 is 2.48 bits per heavy atom. The Morgan fingerprint density at radius 1 is 1.38 bits per heavy atom. The third kappa shape index (κ3) is 4.46. The van der Waals surface area contributed by atoms with Gasteiger partial charge in [-0.1, -0.05) is 12.1 Å². The van der Waals surface area contributed by atoms with Crippen molar-refractivity contribution in [3.63, 3.8) is 0 Å². The summed E-state index contributed by atoms with van der Waals surface area (Å²) in [5, 5.41) is 15.0. The van der Waals surface area contributed by atoms with E-state index >= 15 is 0 Å². The predicted molar refractivity (Wildman–Crippen MR) is 80.8 cm³/mol. The maximum Gasteiger partial charge on any atom is 0.240 e.